The van der Waals surface area contributed by atoms with Gasteiger partial charge >= 0.3 is 0 Å². The van der Waals surface area contributed by atoms with Gasteiger partial charge < -0.3 is 59.4 Å². The summed E-state index contributed by atoms with van der Waals surface area (Å²) < 4.78 is 27.3. The van der Waals surface area contributed by atoms with E-state index in [1.807, 2.05) is 19.1 Å². The molecule has 10 atom stereocenters. The van der Waals surface area contributed by atoms with Crippen molar-refractivity contribution in [2.24, 2.45) is 0 Å². The summed E-state index contributed by atoms with van der Waals surface area (Å²) in [5.41, 5.74) is 0.845. The first-order valence-electron chi connectivity index (χ1n) is 10.8. The number of hydrogen-bond donors (Lipinski definition) is 7. The van der Waals surface area contributed by atoms with Gasteiger partial charge in [-0.25, -0.2) is 0 Å². The maximum absolute atomic E-state index is 10.4. The van der Waals surface area contributed by atoms with Crippen LogP contribution in [0.4, 0.5) is 0 Å². The predicted molar refractivity (Wildman–Crippen MR) is 115 cm³/mol. The summed E-state index contributed by atoms with van der Waals surface area (Å²) in [5, 5.41) is 70.1. The molecule has 0 unspecified atom stereocenters. The fourth-order valence-electron chi connectivity index (χ4n) is 3.75. The molecule has 0 radical (unpaired) electrons. The van der Waals surface area contributed by atoms with Crippen molar-refractivity contribution in [2.75, 3.05) is 20.3 Å². The third kappa shape index (κ3) is 5.69. The third-order valence-corrected chi connectivity index (χ3v) is 5.73. The quantitative estimate of drug-likeness (QED) is 0.208. The van der Waals surface area contributed by atoms with Crippen LogP contribution in [0.5, 0.6) is 11.5 Å². The van der Waals surface area contributed by atoms with Gasteiger partial charge in [-0.1, -0.05) is 18.2 Å². The van der Waals surface area contributed by atoms with Gasteiger partial charge in [0.15, 0.2) is 17.8 Å². The second-order valence-electron chi connectivity index (χ2n) is 8.07. The first-order chi connectivity index (χ1) is 16.2. The van der Waals surface area contributed by atoms with E-state index in [-0.39, 0.29) is 5.75 Å². The van der Waals surface area contributed by atoms with Gasteiger partial charge in [-0.3, -0.25) is 0 Å². The van der Waals surface area contributed by atoms with E-state index in [1.165, 1.54) is 7.11 Å². The van der Waals surface area contributed by atoms with Gasteiger partial charge in [0.25, 0.3) is 0 Å². The molecule has 0 bridgehead atoms. The highest BCUT2D eigenvalue weighted by Crippen LogP contribution is 2.33. The van der Waals surface area contributed by atoms with Crippen molar-refractivity contribution in [1.29, 1.82) is 0 Å². The van der Waals surface area contributed by atoms with Gasteiger partial charge in [-0.05, 0) is 24.6 Å². The Morgan fingerprint density at radius 2 is 1.44 bits per heavy atom. The molecule has 1 aromatic rings. The Labute approximate surface area is 196 Å². The van der Waals surface area contributed by atoms with Crippen molar-refractivity contribution in [3.05, 3.63) is 29.8 Å². The van der Waals surface area contributed by atoms with Crippen molar-refractivity contribution >= 4 is 6.08 Å². The van der Waals surface area contributed by atoms with E-state index < -0.39 is 74.6 Å². The van der Waals surface area contributed by atoms with Gasteiger partial charge in [0.05, 0.1) is 20.3 Å². The molecule has 12 heteroatoms. The summed E-state index contributed by atoms with van der Waals surface area (Å²) in [7, 11) is 1.44. The molecule has 34 heavy (non-hydrogen) atoms. The van der Waals surface area contributed by atoms with E-state index in [0.717, 1.165) is 5.56 Å². The Kier molecular flexibility index (Phi) is 9.23. The Morgan fingerprint density at radius 3 is 2.06 bits per heavy atom. The molecule has 2 heterocycles. The standard InChI is InChI=1S/C22H32O12/c1-3-4-10-5-6-11(12(7-10)30-2)32-22-20(29)18(27)16(25)14(34-22)9-31-21-19(28)17(26)15(24)13(8-23)33-21/h3-7,13-29H,8-9H2,1-2H3/b4-3+/t13-,14-,15+,16-,17+,18+,19-,20-,21-,22-/m1/s1. The average molecular weight is 488 g/mol. The molecule has 2 fully saturated rings. The summed E-state index contributed by atoms with van der Waals surface area (Å²) in [6, 6.07) is 5.05. The minimum Gasteiger partial charge on any atom is -0.493 e. The number of hydrogen-bond acceptors (Lipinski definition) is 12. The summed E-state index contributed by atoms with van der Waals surface area (Å²) in [4.78, 5) is 0. The molecule has 192 valence electrons. The third-order valence-electron chi connectivity index (χ3n) is 5.73. The van der Waals surface area contributed by atoms with Crippen molar-refractivity contribution in [1.82, 2.24) is 0 Å². The predicted octanol–water partition coefficient (Wildman–Crippen LogP) is -2.27. The molecule has 0 aliphatic carbocycles. The van der Waals surface area contributed by atoms with Gasteiger partial charge in [0, 0.05) is 0 Å². The van der Waals surface area contributed by atoms with Crippen LogP contribution in [0.2, 0.25) is 0 Å². The topological polar surface area (TPSA) is 188 Å². The maximum atomic E-state index is 10.4. The Balaban J connectivity index is 1.69. The van der Waals surface area contributed by atoms with E-state index in [9.17, 15) is 35.7 Å². The molecule has 0 aromatic heterocycles. The second kappa shape index (κ2) is 11.7. The number of allylic oxidation sites excluding steroid dienone is 1. The first kappa shape index (κ1) is 26.8. The lowest BCUT2D eigenvalue weighted by molar-refractivity contribution is -0.323. The molecule has 12 nitrogen and oxygen atoms in total. The summed E-state index contributed by atoms with van der Waals surface area (Å²) >= 11 is 0. The monoisotopic (exact) mass is 488 g/mol. The zero-order valence-corrected chi connectivity index (χ0v) is 18.7. The molecule has 0 amide bonds. The van der Waals surface area contributed by atoms with Crippen molar-refractivity contribution in [2.45, 2.75) is 68.3 Å². The lowest BCUT2D eigenvalue weighted by Gasteiger charge is -2.42. The number of benzene rings is 1. The van der Waals surface area contributed by atoms with Crippen LogP contribution in [0.1, 0.15) is 12.5 Å². The SMILES string of the molecule is C/C=C/c1ccc(O[C@@H]2O[C@H](CO[C@@H]3O[C@H](CO)[C@H](O)[C@H](O)[C@H]3O)[C@@H](O)[C@H](O)[C@H]2O)c(OC)c1. The van der Waals surface area contributed by atoms with Gasteiger partial charge in [-0.15, -0.1) is 0 Å². The Hall–Kier alpha value is -1.84. The van der Waals surface area contributed by atoms with E-state index in [0.29, 0.717) is 5.75 Å². The molecule has 0 spiro atoms. The second-order valence-corrected chi connectivity index (χ2v) is 8.07. The number of rotatable bonds is 8. The van der Waals surface area contributed by atoms with E-state index in [1.54, 1.807) is 18.2 Å². The number of aliphatic hydroxyl groups excluding tert-OH is 7. The van der Waals surface area contributed by atoms with Gasteiger partial charge in [-0.2, -0.15) is 0 Å². The summed E-state index contributed by atoms with van der Waals surface area (Å²) in [6.07, 6.45) is -11.3. The zero-order chi connectivity index (χ0) is 25.0. The zero-order valence-electron chi connectivity index (χ0n) is 18.7. The van der Waals surface area contributed by atoms with Gasteiger partial charge in [0.1, 0.15) is 48.8 Å². The van der Waals surface area contributed by atoms with Crippen LogP contribution in [0.3, 0.4) is 0 Å². The van der Waals surface area contributed by atoms with Crippen LogP contribution < -0.4 is 9.47 Å². The number of ether oxygens (including phenoxy) is 5. The molecular weight excluding hydrogens is 456 g/mol. The summed E-state index contributed by atoms with van der Waals surface area (Å²) in [5.74, 6) is 0.568. The molecule has 2 aliphatic rings. The van der Waals surface area contributed by atoms with Crippen molar-refractivity contribution in [3.63, 3.8) is 0 Å². The van der Waals surface area contributed by atoms with E-state index >= 15 is 0 Å². The number of methoxy groups -OCH3 is 1. The van der Waals surface area contributed by atoms with Crippen LogP contribution >= 0.6 is 0 Å². The lowest BCUT2D eigenvalue weighted by atomic mass is 9.98. The van der Waals surface area contributed by atoms with Crippen LogP contribution in [0, 0.1) is 0 Å². The van der Waals surface area contributed by atoms with Gasteiger partial charge in [0.2, 0.25) is 6.29 Å². The smallest absolute Gasteiger partial charge is 0.229 e. The Bertz CT molecular complexity index is 817. The van der Waals surface area contributed by atoms with E-state index in [4.69, 9.17) is 23.7 Å². The lowest BCUT2D eigenvalue weighted by Crippen LogP contribution is -2.62. The maximum Gasteiger partial charge on any atom is 0.229 e. The van der Waals surface area contributed by atoms with Crippen LogP contribution in [0.15, 0.2) is 24.3 Å². The molecule has 1 aromatic carbocycles. The minimum absolute atomic E-state index is 0.219. The minimum atomic E-state index is -1.66. The van der Waals surface area contributed by atoms with Crippen molar-refractivity contribution < 1.29 is 59.4 Å². The molecule has 2 saturated heterocycles. The summed E-state index contributed by atoms with van der Waals surface area (Å²) in [6.45, 7) is 0.774. The highest BCUT2D eigenvalue weighted by Gasteiger charge is 2.48. The fraction of sp³-hybridized carbons (Fsp3) is 0.636. The van der Waals surface area contributed by atoms with Crippen LogP contribution in [-0.4, -0.2) is 117 Å². The van der Waals surface area contributed by atoms with E-state index in [2.05, 4.69) is 0 Å². The Morgan fingerprint density at radius 1 is 0.824 bits per heavy atom. The van der Waals surface area contributed by atoms with Crippen molar-refractivity contribution in [3.8, 4) is 11.5 Å². The normalized spacial score (nSPS) is 38.7. The molecule has 3 rings (SSSR count). The average Bonchev–Trinajstić information content (AvgIpc) is 2.84. The molecule has 0 saturated carbocycles. The highest BCUT2D eigenvalue weighted by molar-refractivity contribution is 5.55. The highest BCUT2D eigenvalue weighted by atomic mass is 16.7. The van der Waals surface area contributed by atoms with Crippen LogP contribution in [-0.2, 0) is 14.2 Å². The molecular formula is C22H32O12. The number of aliphatic hydroxyl groups is 7. The first-order valence-corrected chi connectivity index (χ1v) is 10.8. The molecule has 7 N–H and O–H groups in total. The van der Waals surface area contributed by atoms with Crippen LogP contribution in [0.25, 0.3) is 6.08 Å². The molecule has 2 aliphatic heterocycles. The largest absolute Gasteiger partial charge is 0.493 e. The fourth-order valence-corrected chi connectivity index (χ4v) is 3.75.